The lowest BCUT2D eigenvalue weighted by molar-refractivity contribution is -0.251. The molecule has 0 fully saturated rings. The zero-order valence-electron chi connectivity index (χ0n) is 12.0. The first-order chi connectivity index (χ1) is 9.67. The van der Waals surface area contributed by atoms with Gasteiger partial charge in [0.25, 0.3) is 0 Å². The van der Waals surface area contributed by atoms with Crippen LogP contribution in [0.1, 0.15) is 0 Å². The average Bonchev–Trinajstić information content (AvgIpc) is 2.47. The van der Waals surface area contributed by atoms with E-state index >= 15 is 0 Å². The number of nitrogens with zero attached hydrogens (tertiary/aromatic N) is 3. The summed E-state index contributed by atoms with van der Waals surface area (Å²) in [5, 5.41) is 34.5. The van der Waals surface area contributed by atoms with Crippen LogP contribution in [0.4, 0.5) is 0 Å². The highest BCUT2D eigenvalue weighted by atomic mass is 17.1. The highest BCUT2D eigenvalue weighted by Gasteiger charge is 2.08. The van der Waals surface area contributed by atoms with E-state index in [0.717, 1.165) is 13.1 Å². The molecular weight excluding hydrogens is 270 g/mol. The first-order valence-corrected chi connectivity index (χ1v) is 6.55. The van der Waals surface area contributed by atoms with Gasteiger partial charge in [-0.3, -0.25) is 20.3 Å². The van der Waals surface area contributed by atoms with E-state index in [0.29, 0.717) is 26.2 Å². The Morgan fingerprint density at radius 3 is 1.55 bits per heavy atom. The van der Waals surface area contributed by atoms with Gasteiger partial charge in [-0.25, -0.2) is 9.78 Å². The van der Waals surface area contributed by atoms with Crippen molar-refractivity contribution in [2.24, 2.45) is 0 Å². The third-order valence-corrected chi connectivity index (χ3v) is 2.99. The lowest BCUT2D eigenvalue weighted by Crippen LogP contribution is -2.40. The van der Waals surface area contributed by atoms with Gasteiger partial charge in [0, 0.05) is 39.3 Å². The normalized spacial score (nSPS) is 12.0. The van der Waals surface area contributed by atoms with E-state index in [-0.39, 0.29) is 26.7 Å². The highest BCUT2D eigenvalue weighted by molar-refractivity contribution is 4.62. The van der Waals surface area contributed by atoms with E-state index in [2.05, 4.69) is 14.7 Å². The second-order valence-corrected chi connectivity index (χ2v) is 4.49. The van der Waals surface area contributed by atoms with Crippen molar-refractivity contribution in [1.29, 1.82) is 0 Å². The Hall–Kier alpha value is -0.360. The topological polar surface area (TPSA) is 109 Å². The van der Waals surface area contributed by atoms with Crippen LogP contribution < -0.4 is 0 Å². The maximum Gasteiger partial charge on any atom is 0.0974 e. The number of rotatable bonds is 14. The predicted octanol–water partition coefficient (Wildman–Crippen LogP) is -1.60. The average molecular weight is 297 g/mol. The number of hydrogen-bond acceptors (Lipinski definition) is 9. The van der Waals surface area contributed by atoms with Crippen molar-refractivity contribution >= 4 is 0 Å². The second-order valence-electron chi connectivity index (χ2n) is 4.49. The summed E-state index contributed by atoms with van der Waals surface area (Å²) in [4.78, 5) is 13.6. The molecule has 4 N–H and O–H groups in total. The molecule has 0 saturated carbocycles. The molecule has 0 aliphatic heterocycles. The molecule has 0 aliphatic carbocycles. The summed E-state index contributed by atoms with van der Waals surface area (Å²) in [5.74, 6) is 0. The molecule has 0 bridgehead atoms. The fraction of sp³-hybridized carbons (Fsp3) is 1.00. The first kappa shape index (κ1) is 19.6. The molecule has 0 radical (unpaired) electrons. The third kappa shape index (κ3) is 10.4. The standard InChI is InChI=1S/C11H27N3O6/c1-12(3-5-14(10-15)11-16)2-4-13(6-8-19-17)7-9-20-18/h15-18H,2-11H2,1H3. The number of aliphatic hydroxyl groups is 2. The maximum atomic E-state index is 8.92. The van der Waals surface area contributed by atoms with E-state index in [9.17, 15) is 0 Å². The molecule has 0 unspecified atom stereocenters. The lowest BCUT2D eigenvalue weighted by atomic mass is 10.4. The Morgan fingerprint density at radius 1 is 0.700 bits per heavy atom. The Kier molecular flexibility index (Phi) is 13.4. The molecule has 20 heavy (non-hydrogen) atoms. The van der Waals surface area contributed by atoms with Crippen LogP contribution in [0, 0.1) is 0 Å². The number of likely N-dealkylation sites (N-methyl/N-ethyl adjacent to an activating group) is 1. The van der Waals surface area contributed by atoms with Gasteiger partial charge in [-0.15, -0.1) is 0 Å². The van der Waals surface area contributed by atoms with Crippen LogP contribution in [0.2, 0.25) is 0 Å². The fourth-order valence-corrected chi connectivity index (χ4v) is 1.60. The van der Waals surface area contributed by atoms with Crippen molar-refractivity contribution in [3.05, 3.63) is 0 Å². The quantitative estimate of drug-likeness (QED) is 0.171. The highest BCUT2D eigenvalue weighted by Crippen LogP contribution is 1.93. The molecule has 0 heterocycles. The summed E-state index contributed by atoms with van der Waals surface area (Å²) in [6.07, 6.45) is 0. The Balaban J connectivity index is 3.86. The van der Waals surface area contributed by atoms with Gasteiger partial charge in [-0.1, -0.05) is 0 Å². The van der Waals surface area contributed by atoms with Crippen molar-refractivity contribution < 1.29 is 30.5 Å². The third-order valence-electron chi connectivity index (χ3n) is 2.99. The van der Waals surface area contributed by atoms with Gasteiger partial charge in [0.05, 0.1) is 26.7 Å². The van der Waals surface area contributed by atoms with Crippen LogP contribution in [0.5, 0.6) is 0 Å². The van der Waals surface area contributed by atoms with Crippen molar-refractivity contribution in [3.8, 4) is 0 Å². The molecule has 9 nitrogen and oxygen atoms in total. The summed E-state index contributed by atoms with van der Waals surface area (Å²) in [5.41, 5.74) is 0. The van der Waals surface area contributed by atoms with Crippen molar-refractivity contribution in [2.75, 3.05) is 73.0 Å². The summed E-state index contributed by atoms with van der Waals surface area (Å²) >= 11 is 0. The SMILES string of the molecule is CN(CCN(CO)CO)CCN(CCOO)CCOO. The lowest BCUT2D eigenvalue weighted by Gasteiger charge is -2.26. The molecule has 122 valence electrons. The molecule has 0 amide bonds. The summed E-state index contributed by atoms with van der Waals surface area (Å²) in [7, 11) is 1.94. The van der Waals surface area contributed by atoms with E-state index < -0.39 is 0 Å². The first-order valence-electron chi connectivity index (χ1n) is 6.55. The van der Waals surface area contributed by atoms with Crippen LogP contribution >= 0.6 is 0 Å². The minimum atomic E-state index is -0.169. The molecule has 0 atom stereocenters. The van der Waals surface area contributed by atoms with Crippen molar-refractivity contribution in [1.82, 2.24) is 14.7 Å². The Bertz CT molecular complexity index is 201. The van der Waals surface area contributed by atoms with Crippen LogP contribution in [0.3, 0.4) is 0 Å². The molecular formula is C11H27N3O6. The largest absolute Gasteiger partial charge is 0.381 e. The molecule has 0 aromatic rings. The summed E-state index contributed by atoms with van der Waals surface area (Å²) in [6.45, 7) is 3.89. The smallest absolute Gasteiger partial charge is 0.0974 e. The van der Waals surface area contributed by atoms with Gasteiger partial charge in [0.15, 0.2) is 0 Å². The Morgan fingerprint density at radius 2 is 1.15 bits per heavy atom. The molecule has 0 aromatic carbocycles. The van der Waals surface area contributed by atoms with Crippen LogP contribution in [-0.2, 0) is 9.78 Å². The van der Waals surface area contributed by atoms with Gasteiger partial charge in [0.1, 0.15) is 0 Å². The summed E-state index contributed by atoms with van der Waals surface area (Å²) < 4.78 is 0. The van der Waals surface area contributed by atoms with Gasteiger partial charge in [-0.2, -0.15) is 0 Å². The van der Waals surface area contributed by atoms with Gasteiger partial charge < -0.3 is 15.1 Å². The molecule has 9 heteroatoms. The van der Waals surface area contributed by atoms with E-state index in [1.54, 1.807) is 0 Å². The molecule has 0 rings (SSSR count). The van der Waals surface area contributed by atoms with Gasteiger partial charge in [0.2, 0.25) is 0 Å². The molecule has 0 saturated heterocycles. The van der Waals surface area contributed by atoms with E-state index in [1.165, 1.54) is 4.90 Å². The Labute approximate surface area is 119 Å². The monoisotopic (exact) mass is 297 g/mol. The number of hydrogen-bond donors (Lipinski definition) is 4. The van der Waals surface area contributed by atoms with E-state index in [4.69, 9.17) is 20.7 Å². The zero-order chi connectivity index (χ0) is 15.2. The second kappa shape index (κ2) is 13.6. The predicted molar refractivity (Wildman–Crippen MR) is 72.0 cm³/mol. The van der Waals surface area contributed by atoms with Crippen LogP contribution in [0.15, 0.2) is 0 Å². The van der Waals surface area contributed by atoms with Crippen molar-refractivity contribution in [2.45, 2.75) is 0 Å². The number of aliphatic hydroxyl groups excluding tert-OH is 2. The maximum absolute atomic E-state index is 8.92. The van der Waals surface area contributed by atoms with E-state index in [1.807, 2.05) is 11.9 Å². The fourth-order valence-electron chi connectivity index (χ4n) is 1.60. The minimum Gasteiger partial charge on any atom is -0.381 e. The molecule has 0 aromatic heterocycles. The van der Waals surface area contributed by atoms with Gasteiger partial charge >= 0.3 is 0 Å². The van der Waals surface area contributed by atoms with Gasteiger partial charge in [-0.05, 0) is 7.05 Å². The molecule has 0 aliphatic rings. The molecule has 0 spiro atoms. The van der Waals surface area contributed by atoms with Crippen LogP contribution in [-0.4, -0.2) is 108 Å². The van der Waals surface area contributed by atoms with Crippen molar-refractivity contribution in [3.63, 3.8) is 0 Å². The minimum absolute atomic E-state index is 0.169. The zero-order valence-corrected chi connectivity index (χ0v) is 12.0. The van der Waals surface area contributed by atoms with Crippen LogP contribution in [0.25, 0.3) is 0 Å². The summed E-state index contributed by atoms with van der Waals surface area (Å²) in [6, 6.07) is 0.